The van der Waals surface area contributed by atoms with Crippen molar-refractivity contribution in [2.24, 2.45) is 17.2 Å². The molecule has 5 unspecified atom stereocenters. The predicted octanol–water partition coefficient (Wildman–Crippen LogP) is -6.62. The van der Waals surface area contributed by atoms with E-state index >= 15 is 0 Å². The van der Waals surface area contributed by atoms with Crippen LogP contribution in [0.4, 0.5) is 0 Å². The molecule has 13 N–H and O–H groups in total. The monoisotopic (exact) mass is 455 g/mol. The Kier molecular flexibility index (Phi) is 8.21. The van der Waals surface area contributed by atoms with Gasteiger partial charge >= 0.3 is 0 Å². The van der Waals surface area contributed by atoms with Gasteiger partial charge in [0, 0.05) is 12.1 Å². The lowest BCUT2D eigenvalue weighted by Crippen LogP contribution is -2.67. The molecule has 2 aliphatic heterocycles. The van der Waals surface area contributed by atoms with Crippen molar-refractivity contribution in [1.29, 1.82) is 0 Å². The van der Waals surface area contributed by atoms with Crippen LogP contribution in [0.3, 0.4) is 0 Å². The van der Waals surface area contributed by atoms with Gasteiger partial charge in [0.1, 0.15) is 54.9 Å². The molecule has 3 rings (SSSR count). The number of ether oxygens (including phenoxy) is 4. The van der Waals surface area contributed by atoms with E-state index in [1.807, 2.05) is 0 Å². The zero-order valence-electron chi connectivity index (χ0n) is 16.7. The fourth-order valence-corrected chi connectivity index (χ4v) is 4.15. The van der Waals surface area contributed by atoms with E-state index in [0.29, 0.717) is 0 Å². The van der Waals surface area contributed by atoms with E-state index in [0.717, 1.165) is 0 Å². The van der Waals surface area contributed by atoms with E-state index in [4.69, 9.17) is 36.1 Å². The number of aliphatic hydroxyl groups is 7. The van der Waals surface area contributed by atoms with Crippen molar-refractivity contribution >= 4 is 0 Å². The smallest absolute Gasteiger partial charge is 0.187 e. The summed E-state index contributed by atoms with van der Waals surface area (Å²) in [5.41, 5.74) is 18.0. The normalized spacial score (nSPS) is 53.6. The molecule has 14 heteroatoms. The fraction of sp³-hybridized carbons (Fsp3) is 1.00. The molecule has 0 spiro atoms. The molecule has 0 aromatic carbocycles. The largest absolute Gasteiger partial charge is 0.394 e. The number of aliphatic hydroxyl groups excluding tert-OH is 7. The van der Waals surface area contributed by atoms with Crippen LogP contribution >= 0.6 is 0 Å². The maximum atomic E-state index is 10.8. The van der Waals surface area contributed by atoms with Crippen LogP contribution in [0.2, 0.25) is 0 Å². The highest BCUT2D eigenvalue weighted by atomic mass is 16.7. The van der Waals surface area contributed by atoms with Crippen molar-refractivity contribution in [3.05, 3.63) is 0 Å². The molecule has 0 aromatic rings. The lowest BCUT2D eigenvalue weighted by molar-refractivity contribution is -0.302. The maximum absolute atomic E-state index is 10.8. The molecule has 0 bridgehead atoms. The van der Waals surface area contributed by atoms with E-state index in [2.05, 4.69) is 0 Å². The highest BCUT2D eigenvalue weighted by molar-refractivity contribution is 5.01. The zero-order valence-corrected chi connectivity index (χ0v) is 16.7. The number of nitrogens with two attached hydrogens (primary N) is 3. The molecule has 2 saturated heterocycles. The summed E-state index contributed by atoms with van der Waals surface area (Å²) in [6, 6.07) is -2.78. The summed E-state index contributed by atoms with van der Waals surface area (Å²) < 4.78 is 22.0. The summed E-state index contributed by atoms with van der Waals surface area (Å²) in [5, 5.41) is 69.3. The van der Waals surface area contributed by atoms with Crippen molar-refractivity contribution in [3.8, 4) is 0 Å². The van der Waals surface area contributed by atoms with Crippen LogP contribution in [0.15, 0.2) is 0 Å². The highest BCUT2D eigenvalue weighted by Gasteiger charge is 2.51. The number of hydrogen-bond acceptors (Lipinski definition) is 14. The summed E-state index contributed by atoms with van der Waals surface area (Å²) in [7, 11) is 0. The van der Waals surface area contributed by atoms with Crippen LogP contribution in [0.5, 0.6) is 0 Å². The van der Waals surface area contributed by atoms with Crippen molar-refractivity contribution in [2.75, 3.05) is 13.2 Å². The molecule has 14 atom stereocenters. The molecule has 0 aromatic heterocycles. The standard InChI is InChI=1S/C17H33N3O11/c18-4-1-5(19)15(31-17-12(26)10(24)7(3-22)29-17)13(27)14(4)30-16-8(20)11(25)9(23)6(2-21)28-16/h4-17,21-27H,1-3,18-20H2/t4?,5-,6?,7-,8?,9-,10?,11-,12+,13?,14-,15-,16-,17+/m1/s1. The van der Waals surface area contributed by atoms with Gasteiger partial charge in [-0.3, -0.25) is 0 Å². The molecular formula is C17H33N3O11. The topological polar surface area (TPSA) is 257 Å². The van der Waals surface area contributed by atoms with E-state index in [9.17, 15) is 35.7 Å². The minimum Gasteiger partial charge on any atom is -0.394 e. The van der Waals surface area contributed by atoms with Gasteiger partial charge in [0.15, 0.2) is 12.6 Å². The Balaban J connectivity index is 1.70. The Hall–Kier alpha value is -0.560. The third-order valence-electron chi connectivity index (χ3n) is 6.07. The van der Waals surface area contributed by atoms with Gasteiger partial charge in [-0.2, -0.15) is 0 Å². The summed E-state index contributed by atoms with van der Waals surface area (Å²) in [4.78, 5) is 0. The van der Waals surface area contributed by atoms with Gasteiger partial charge in [0.05, 0.1) is 19.3 Å². The maximum Gasteiger partial charge on any atom is 0.187 e. The first-order chi connectivity index (χ1) is 14.6. The molecule has 1 saturated carbocycles. The van der Waals surface area contributed by atoms with Gasteiger partial charge in [0.25, 0.3) is 0 Å². The second-order valence-corrected chi connectivity index (χ2v) is 8.25. The Morgan fingerprint density at radius 3 is 1.61 bits per heavy atom. The average molecular weight is 455 g/mol. The molecule has 182 valence electrons. The summed E-state index contributed by atoms with van der Waals surface area (Å²) in [6.07, 6.45) is -14.3. The molecule has 2 heterocycles. The summed E-state index contributed by atoms with van der Waals surface area (Å²) in [6.45, 7) is -1.16. The van der Waals surface area contributed by atoms with Crippen LogP contribution in [-0.2, 0) is 18.9 Å². The van der Waals surface area contributed by atoms with E-state index in [1.54, 1.807) is 0 Å². The lowest BCUT2D eigenvalue weighted by Gasteiger charge is -2.46. The quantitative estimate of drug-likeness (QED) is 0.179. The molecule has 31 heavy (non-hydrogen) atoms. The molecule has 14 nitrogen and oxygen atoms in total. The summed E-state index contributed by atoms with van der Waals surface area (Å²) >= 11 is 0. The molecule has 0 amide bonds. The molecule has 3 aliphatic rings. The Morgan fingerprint density at radius 1 is 0.645 bits per heavy atom. The number of hydrogen-bond donors (Lipinski definition) is 10. The van der Waals surface area contributed by atoms with Crippen LogP contribution in [0.25, 0.3) is 0 Å². The Morgan fingerprint density at radius 2 is 1.10 bits per heavy atom. The van der Waals surface area contributed by atoms with Crippen molar-refractivity contribution in [1.82, 2.24) is 0 Å². The molecule has 3 fully saturated rings. The van der Waals surface area contributed by atoms with Gasteiger partial charge in [-0.1, -0.05) is 0 Å². The van der Waals surface area contributed by atoms with Gasteiger partial charge in [-0.15, -0.1) is 0 Å². The first kappa shape index (κ1) is 25.1. The third kappa shape index (κ3) is 4.87. The Bertz CT molecular complexity index is 590. The van der Waals surface area contributed by atoms with E-state index in [1.165, 1.54) is 0 Å². The van der Waals surface area contributed by atoms with Crippen molar-refractivity contribution in [3.63, 3.8) is 0 Å². The van der Waals surface area contributed by atoms with E-state index < -0.39 is 98.9 Å². The second kappa shape index (κ2) is 10.1. The van der Waals surface area contributed by atoms with Gasteiger partial charge in [-0.05, 0) is 6.42 Å². The van der Waals surface area contributed by atoms with Crippen LogP contribution < -0.4 is 17.2 Å². The summed E-state index contributed by atoms with van der Waals surface area (Å²) in [5.74, 6) is 0. The van der Waals surface area contributed by atoms with E-state index in [-0.39, 0.29) is 6.42 Å². The minimum atomic E-state index is -1.48. The van der Waals surface area contributed by atoms with Crippen molar-refractivity contribution < 1.29 is 54.7 Å². The molecule has 1 aliphatic carbocycles. The minimum absolute atomic E-state index is 0.123. The molecule has 0 radical (unpaired) electrons. The fourth-order valence-electron chi connectivity index (χ4n) is 4.15. The average Bonchev–Trinajstić information content (AvgIpc) is 3.01. The van der Waals surface area contributed by atoms with Crippen molar-refractivity contribution in [2.45, 2.75) is 92.1 Å². The van der Waals surface area contributed by atoms with Crippen LogP contribution in [0, 0.1) is 0 Å². The SMILES string of the molecule is NC1C[C@@H](N)[C@@H](O[C@@H]2O[C@H](CO)C(O)[C@@H]2O)C(O)[C@@H]1O[C@H]1OC(CO)[C@@H](O)[C@H](O)C1N. The van der Waals surface area contributed by atoms with Crippen LogP contribution in [-0.4, -0.2) is 135 Å². The second-order valence-electron chi connectivity index (χ2n) is 8.25. The highest BCUT2D eigenvalue weighted by Crippen LogP contribution is 2.31. The van der Waals surface area contributed by atoms with Crippen LogP contribution in [0.1, 0.15) is 6.42 Å². The van der Waals surface area contributed by atoms with Gasteiger partial charge < -0.3 is 71.9 Å². The van der Waals surface area contributed by atoms with Gasteiger partial charge in [0.2, 0.25) is 0 Å². The first-order valence-corrected chi connectivity index (χ1v) is 10.1. The third-order valence-corrected chi connectivity index (χ3v) is 6.07. The van der Waals surface area contributed by atoms with Gasteiger partial charge in [-0.25, -0.2) is 0 Å². The number of rotatable bonds is 6. The zero-order chi connectivity index (χ0) is 23.0. The first-order valence-electron chi connectivity index (χ1n) is 10.1. The molecular weight excluding hydrogens is 422 g/mol. The predicted molar refractivity (Wildman–Crippen MR) is 99.8 cm³/mol. The lowest BCUT2D eigenvalue weighted by atomic mass is 9.84. The Labute approximate surface area is 178 Å².